The van der Waals surface area contributed by atoms with Crippen molar-refractivity contribution < 1.29 is 14.7 Å². The van der Waals surface area contributed by atoms with Crippen LogP contribution in [0.25, 0.3) is 0 Å². The lowest BCUT2D eigenvalue weighted by atomic mass is 10.0. The Balaban J connectivity index is 1.66. The van der Waals surface area contributed by atoms with E-state index in [1.54, 1.807) is 0 Å². The molecule has 0 bridgehead atoms. The van der Waals surface area contributed by atoms with Crippen molar-refractivity contribution >= 4 is 11.9 Å². The minimum atomic E-state index is -0.962. The molecule has 0 radical (unpaired) electrons. The summed E-state index contributed by atoms with van der Waals surface area (Å²) in [4.78, 5) is 23.1. The molecule has 4 heteroatoms. The van der Waals surface area contributed by atoms with E-state index in [9.17, 15) is 9.59 Å². The van der Waals surface area contributed by atoms with Gasteiger partial charge in [-0.15, -0.1) is 0 Å². The Bertz CT molecular complexity index is 548. The topological polar surface area (TPSA) is 66.4 Å². The van der Waals surface area contributed by atoms with E-state index in [1.165, 1.54) is 11.1 Å². The number of aryl methyl sites for hydroxylation is 1. The Morgan fingerprint density at radius 2 is 2.00 bits per heavy atom. The van der Waals surface area contributed by atoms with E-state index < -0.39 is 11.5 Å². The van der Waals surface area contributed by atoms with Gasteiger partial charge >= 0.3 is 5.97 Å². The predicted molar refractivity (Wildman–Crippen MR) is 69.8 cm³/mol. The number of carbonyl (C=O) groups excluding carboxylic acids is 1. The van der Waals surface area contributed by atoms with Gasteiger partial charge in [0.05, 0.1) is 0 Å². The maximum absolute atomic E-state index is 12.1. The van der Waals surface area contributed by atoms with Crippen LogP contribution in [0.4, 0.5) is 0 Å². The fraction of sp³-hybridized carbons (Fsp3) is 0.467. The standard InChI is InChI=1S/C15H17NO3/c1-9-4-2-3-5-10(9)11-8-12(11)13(17)16-15(6-7-15)14(18)19/h2-5,11-12H,6-8H2,1H3,(H,16,17)(H,18,19)/t11-,12+/m1/s1. The van der Waals surface area contributed by atoms with E-state index >= 15 is 0 Å². The molecule has 2 aliphatic carbocycles. The third-order valence-corrected chi connectivity index (χ3v) is 4.24. The monoisotopic (exact) mass is 259 g/mol. The Hall–Kier alpha value is -1.84. The summed E-state index contributed by atoms with van der Waals surface area (Å²) in [6, 6.07) is 8.06. The molecule has 0 heterocycles. The fourth-order valence-corrected chi connectivity index (χ4v) is 2.68. The lowest BCUT2D eigenvalue weighted by Gasteiger charge is -2.12. The average molecular weight is 259 g/mol. The number of carboxylic acid groups (broad SMARTS) is 1. The molecular weight excluding hydrogens is 242 g/mol. The second-order valence-corrected chi connectivity index (χ2v) is 5.68. The largest absolute Gasteiger partial charge is 0.480 e. The second kappa shape index (κ2) is 4.08. The molecule has 0 aliphatic heterocycles. The SMILES string of the molecule is Cc1ccccc1[C@H]1C[C@@H]1C(=O)NC1(C(=O)O)CC1. The summed E-state index contributed by atoms with van der Waals surface area (Å²) in [6.45, 7) is 2.04. The van der Waals surface area contributed by atoms with E-state index in [1.807, 2.05) is 25.1 Å². The summed E-state index contributed by atoms with van der Waals surface area (Å²) >= 11 is 0. The highest BCUT2D eigenvalue weighted by atomic mass is 16.4. The highest BCUT2D eigenvalue weighted by molar-refractivity contribution is 5.92. The van der Waals surface area contributed by atoms with Gasteiger partial charge in [-0.25, -0.2) is 4.79 Å². The van der Waals surface area contributed by atoms with Crippen molar-refractivity contribution in [2.24, 2.45) is 5.92 Å². The molecular formula is C15H17NO3. The van der Waals surface area contributed by atoms with Gasteiger partial charge in [-0.2, -0.15) is 0 Å². The number of rotatable bonds is 4. The molecule has 0 unspecified atom stereocenters. The number of hydrogen-bond acceptors (Lipinski definition) is 2. The summed E-state index contributed by atoms with van der Waals surface area (Å²) in [5.41, 5.74) is 1.45. The maximum Gasteiger partial charge on any atom is 0.329 e. The summed E-state index contributed by atoms with van der Waals surface area (Å²) < 4.78 is 0. The molecule has 0 spiro atoms. The first kappa shape index (κ1) is 12.2. The van der Waals surface area contributed by atoms with Gasteiger partial charge < -0.3 is 10.4 Å². The predicted octanol–water partition coefficient (Wildman–Crippen LogP) is 1.83. The lowest BCUT2D eigenvalue weighted by molar-refractivity contribution is -0.143. The van der Waals surface area contributed by atoms with Crippen molar-refractivity contribution in [3.63, 3.8) is 0 Å². The van der Waals surface area contributed by atoms with Gasteiger partial charge in [0.1, 0.15) is 5.54 Å². The van der Waals surface area contributed by atoms with Crippen LogP contribution in [0.15, 0.2) is 24.3 Å². The summed E-state index contributed by atoms with van der Waals surface area (Å²) in [7, 11) is 0. The van der Waals surface area contributed by atoms with Crippen molar-refractivity contribution in [2.45, 2.75) is 37.6 Å². The molecule has 3 rings (SSSR count). The van der Waals surface area contributed by atoms with Crippen molar-refractivity contribution in [3.05, 3.63) is 35.4 Å². The first-order valence-electron chi connectivity index (χ1n) is 6.64. The third kappa shape index (κ3) is 2.11. The average Bonchev–Trinajstić information content (AvgIpc) is 3.23. The number of amides is 1. The smallest absolute Gasteiger partial charge is 0.329 e. The van der Waals surface area contributed by atoms with Gasteiger partial charge in [0.15, 0.2) is 0 Å². The first-order valence-corrected chi connectivity index (χ1v) is 6.64. The van der Waals surface area contributed by atoms with Crippen LogP contribution < -0.4 is 5.32 Å². The van der Waals surface area contributed by atoms with Gasteiger partial charge in [-0.1, -0.05) is 24.3 Å². The van der Waals surface area contributed by atoms with E-state index in [0.717, 1.165) is 6.42 Å². The van der Waals surface area contributed by atoms with Gasteiger partial charge in [0.2, 0.25) is 5.91 Å². The van der Waals surface area contributed by atoms with Crippen molar-refractivity contribution in [1.29, 1.82) is 0 Å². The Labute approximate surface area is 111 Å². The van der Waals surface area contributed by atoms with Gasteiger partial charge in [-0.3, -0.25) is 4.79 Å². The van der Waals surface area contributed by atoms with E-state index in [-0.39, 0.29) is 17.7 Å². The molecule has 0 saturated heterocycles. The highest BCUT2D eigenvalue weighted by Crippen LogP contribution is 2.49. The Morgan fingerprint density at radius 1 is 1.32 bits per heavy atom. The third-order valence-electron chi connectivity index (χ3n) is 4.24. The molecule has 0 aromatic heterocycles. The zero-order chi connectivity index (χ0) is 13.6. The number of carbonyl (C=O) groups is 2. The zero-order valence-electron chi connectivity index (χ0n) is 10.8. The zero-order valence-corrected chi connectivity index (χ0v) is 10.8. The summed E-state index contributed by atoms with van der Waals surface area (Å²) in [5.74, 6) is -0.814. The van der Waals surface area contributed by atoms with Crippen molar-refractivity contribution in [1.82, 2.24) is 5.32 Å². The molecule has 100 valence electrons. The quantitative estimate of drug-likeness (QED) is 0.867. The van der Waals surface area contributed by atoms with Crippen LogP contribution >= 0.6 is 0 Å². The van der Waals surface area contributed by atoms with Crippen LogP contribution in [0.5, 0.6) is 0 Å². The van der Waals surface area contributed by atoms with Crippen molar-refractivity contribution in [2.75, 3.05) is 0 Å². The normalized spacial score (nSPS) is 26.6. The molecule has 2 fully saturated rings. The van der Waals surface area contributed by atoms with E-state index in [2.05, 4.69) is 11.4 Å². The number of benzene rings is 1. The molecule has 1 aromatic rings. The Kier molecular flexibility index (Phi) is 2.62. The molecule has 1 amide bonds. The van der Waals surface area contributed by atoms with Crippen LogP contribution in [0.1, 0.15) is 36.3 Å². The maximum atomic E-state index is 12.1. The molecule has 2 saturated carbocycles. The minimum absolute atomic E-state index is 0.0575. The molecule has 1 aromatic carbocycles. The van der Waals surface area contributed by atoms with Crippen LogP contribution in [-0.4, -0.2) is 22.5 Å². The van der Waals surface area contributed by atoms with Crippen LogP contribution in [0.2, 0.25) is 0 Å². The molecule has 2 N–H and O–H groups in total. The van der Waals surface area contributed by atoms with Crippen LogP contribution in [-0.2, 0) is 9.59 Å². The highest BCUT2D eigenvalue weighted by Gasteiger charge is 2.54. The van der Waals surface area contributed by atoms with Crippen molar-refractivity contribution in [3.8, 4) is 0 Å². The number of carboxylic acids is 1. The summed E-state index contributed by atoms with van der Waals surface area (Å²) in [5, 5.41) is 11.8. The summed E-state index contributed by atoms with van der Waals surface area (Å²) in [6.07, 6.45) is 1.93. The van der Waals surface area contributed by atoms with E-state index in [0.29, 0.717) is 12.8 Å². The van der Waals surface area contributed by atoms with Crippen LogP contribution in [0.3, 0.4) is 0 Å². The van der Waals surface area contributed by atoms with Crippen LogP contribution in [0, 0.1) is 12.8 Å². The molecule has 19 heavy (non-hydrogen) atoms. The molecule has 4 nitrogen and oxygen atoms in total. The second-order valence-electron chi connectivity index (χ2n) is 5.68. The molecule has 2 aliphatic rings. The number of nitrogens with one attached hydrogen (secondary N) is 1. The van der Waals surface area contributed by atoms with Gasteiger partial charge in [-0.05, 0) is 43.2 Å². The fourth-order valence-electron chi connectivity index (χ4n) is 2.68. The van der Waals surface area contributed by atoms with Gasteiger partial charge in [0, 0.05) is 5.92 Å². The minimum Gasteiger partial charge on any atom is -0.480 e. The number of hydrogen-bond donors (Lipinski definition) is 2. The molecule has 2 atom stereocenters. The Morgan fingerprint density at radius 3 is 2.58 bits per heavy atom. The van der Waals surface area contributed by atoms with E-state index in [4.69, 9.17) is 5.11 Å². The first-order chi connectivity index (χ1) is 9.03. The number of aliphatic carboxylic acids is 1. The van der Waals surface area contributed by atoms with Gasteiger partial charge in [0.25, 0.3) is 0 Å². The lowest BCUT2D eigenvalue weighted by Crippen LogP contribution is -2.43.